The quantitative estimate of drug-likeness (QED) is 0.475. The van der Waals surface area contributed by atoms with Gasteiger partial charge in [0.25, 0.3) is 0 Å². The molecule has 150 valence electrons. The minimum absolute atomic E-state index is 0.137. The molecule has 0 aliphatic carbocycles. The number of benzene rings is 1. The lowest BCUT2D eigenvalue weighted by atomic mass is 9.96. The van der Waals surface area contributed by atoms with E-state index in [2.05, 4.69) is 40.5 Å². The molecule has 0 aromatic heterocycles. The van der Waals surface area contributed by atoms with Crippen LogP contribution in [0.25, 0.3) is 0 Å². The Morgan fingerprint density at radius 3 is 2.48 bits per heavy atom. The summed E-state index contributed by atoms with van der Waals surface area (Å²) in [4.78, 5) is 25.7. The number of nitrogens with one attached hydrogen (secondary N) is 1. The van der Waals surface area contributed by atoms with E-state index in [0.717, 1.165) is 58.3 Å². The normalized spacial score (nSPS) is 15.4. The molecule has 0 bridgehead atoms. The first kappa shape index (κ1) is 21.4. The van der Waals surface area contributed by atoms with Crippen molar-refractivity contribution in [2.75, 3.05) is 26.2 Å². The van der Waals surface area contributed by atoms with Crippen molar-refractivity contribution in [2.24, 2.45) is 5.92 Å². The molecule has 1 aliphatic heterocycles. The number of hydrogen-bond donors (Lipinski definition) is 1. The van der Waals surface area contributed by atoms with Crippen LogP contribution in [-0.2, 0) is 20.9 Å². The molecule has 1 saturated heterocycles. The van der Waals surface area contributed by atoms with E-state index in [-0.39, 0.29) is 11.9 Å². The second kappa shape index (κ2) is 12.5. The summed E-state index contributed by atoms with van der Waals surface area (Å²) >= 11 is 0. The fourth-order valence-corrected chi connectivity index (χ4v) is 3.50. The van der Waals surface area contributed by atoms with Crippen molar-refractivity contribution in [3.8, 4) is 0 Å². The third-order valence-corrected chi connectivity index (χ3v) is 5.13. The van der Waals surface area contributed by atoms with Crippen molar-refractivity contribution in [3.05, 3.63) is 35.9 Å². The molecule has 1 aromatic carbocycles. The highest BCUT2D eigenvalue weighted by Gasteiger charge is 2.19. The van der Waals surface area contributed by atoms with Crippen LogP contribution in [-0.4, -0.2) is 43.0 Å². The molecule has 5 nitrogen and oxygen atoms in total. The Bertz CT molecular complexity index is 554. The van der Waals surface area contributed by atoms with Crippen LogP contribution in [0.2, 0.25) is 0 Å². The van der Waals surface area contributed by atoms with Crippen molar-refractivity contribution in [2.45, 2.75) is 58.4 Å². The van der Waals surface area contributed by atoms with E-state index in [9.17, 15) is 9.59 Å². The zero-order valence-corrected chi connectivity index (χ0v) is 16.6. The first-order valence-corrected chi connectivity index (χ1v) is 10.4. The minimum atomic E-state index is -0.138. The Labute approximate surface area is 163 Å². The molecule has 1 aromatic rings. The molecule has 5 heteroatoms. The van der Waals surface area contributed by atoms with Gasteiger partial charge in [-0.3, -0.25) is 14.5 Å². The molecule has 1 heterocycles. The Morgan fingerprint density at radius 2 is 1.78 bits per heavy atom. The summed E-state index contributed by atoms with van der Waals surface area (Å²) in [6.07, 6.45) is 5.82. The molecule has 0 saturated carbocycles. The number of carbonyl (C=O) groups excluding carboxylic acids is 2. The van der Waals surface area contributed by atoms with Gasteiger partial charge in [-0.25, -0.2) is 0 Å². The molecule has 0 unspecified atom stereocenters. The third-order valence-electron chi connectivity index (χ3n) is 5.13. The minimum Gasteiger partial charge on any atom is -0.466 e. The predicted molar refractivity (Wildman–Crippen MR) is 107 cm³/mol. The summed E-state index contributed by atoms with van der Waals surface area (Å²) < 4.78 is 4.89. The second-order valence-corrected chi connectivity index (χ2v) is 7.37. The van der Waals surface area contributed by atoms with Gasteiger partial charge in [-0.05, 0) is 57.2 Å². The lowest BCUT2D eigenvalue weighted by Gasteiger charge is -2.32. The predicted octanol–water partition coefficient (Wildman–Crippen LogP) is 3.53. The van der Waals surface area contributed by atoms with Crippen molar-refractivity contribution >= 4 is 11.9 Å². The number of likely N-dealkylation sites (tertiary alicyclic amines) is 1. The summed E-state index contributed by atoms with van der Waals surface area (Å²) in [7, 11) is 0. The van der Waals surface area contributed by atoms with Crippen molar-refractivity contribution in [3.63, 3.8) is 0 Å². The SMILES string of the molecule is CCOC(=O)CCCCCC(=O)NCC1CCN(Cc2ccccc2)CC1. The van der Waals surface area contributed by atoms with Gasteiger partial charge < -0.3 is 10.1 Å². The molecular formula is C22H34N2O3. The monoisotopic (exact) mass is 374 g/mol. The smallest absolute Gasteiger partial charge is 0.305 e. The number of hydrogen-bond acceptors (Lipinski definition) is 4. The van der Waals surface area contributed by atoms with Gasteiger partial charge >= 0.3 is 5.97 Å². The molecular weight excluding hydrogens is 340 g/mol. The van der Waals surface area contributed by atoms with Crippen LogP contribution >= 0.6 is 0 Å². The number of unbranched alkanes of at least 4 members (excludes halogenated alkanes) is 2. The van der Waals surface area contributed by atoms with E-state index >= 15 is 0 Å². The molecule has 0 radical (unpaired) electrons. The van der Waals surface area contributed by atoms with E-state index in [1.165, 1.54) is 5.56 Å². The Balaban J connectivity index is 1.49. The summed E-state index contributed by atoms with van der Waals surface area (Å²) in [6, 6.07) is 10.6. The topological polar surface area (TPSA) is 58.6 Å². The van der Waals surface area contributed by atoms with Crippen LogP contribution in [0.3, 0.4) is 0 Å². The highest BCUT2D eigenvalue weighted by atomic mass is 16.5. The maximum absolute atomic E-state index is 12.0. The molecule has 2 rings (SSSR count). The third kappa shape index (κ3) is 9.05. The van der Waals surface area contributed by atoms with Crippen molar-refractivity contribution in [1.82, 2.24) is 10.2 Å². The zero-order chi connectivity index (χ0) is 19.3. The highest BCUT2D eigenvalue weighted by Crippen LogP contribution is 2.18. The highest BCUT2D eigenvalue weighted by molar-refractivity contribution is 5.75. The number of piperidine rings is 1. The molecule has 0 atom stereocenters. The molecule has 1 amide bonds. The molecule has 1 fully saturated rings. The molecule has 27 heavy (non-hydrogen) atoms. The average molecular weight is 375 g/mol. The lowest BCUT2D eigenvalue weighted by molar-refractivity contribution is -0.143. The van der Waals surface area contributed by atoms with Gasteiger partial charge in [0.15, 0.2) is 0 Å². The summed E-state index contributed by atoms with van der Waals surface area (Å²) in [5.41, 5.74) is 1.37. The number of amides is 1. The first-order valence-electron chi connectivity index (χ1n) is 10.4. The van der Waals surface area contributed by atoms with E-state index in [0.29, 0.717) is 25.4 Å². The number of carbonyl (C=O) groups is 2. The Morgan fingerprint density at radius 1 is 1.07 bits per heavy atom. The van der Waals surface area contributed by atoms with Crippen LogP contribution in [0.5, 0.6) is 0 Å². The van der Waals surface area contributed by atoms with E-state index in [1.54, 1.807) is 0 Å². The van der Waals surface area contributed by atoms with Crippen LogP contribution < -0.4 is 5.32 Å². The van der Waals surface area contributed by atoms with Gasteiger partial charge in [-0.15, -0.1) is 0 Å². The Hall–Kier alpha value is -1.88. The standard InChI is InChI=1S/C22H34N2O3/c1-2-27-22(26)12-8-4-7-11-21(25)23-17-19-13-15-24(16-14-19)18-20-9-5-3-6-10-20/h3,5-6,9-10,19H,2,4,7-8,11-18H2,1H3,(H,23,25). The first-order chi connectivity index (χ1) is 13.2. The average Bonchev–Trinajstić information content (AvgIpc) is 2.68. The summed E-state index contributed by atoms with van der Waals surface area (Å²) in [5, 5.41) is 3.09. The van der Waals surface area contributed by atoms with Gasteiger partial charge in [0.1, 0.15) is 0 Å². The van der Waals surface area contributed by atoms with Gasteiger partial charge in [0.2, 0.25) is 5.91 Å². The number of ether oxygens (including phenoxy) is 1. The largest absolute Gasteiger partial charge is 0.466 e. The zero-order valence-electron chi connectivity index (χ0n) is 16.6. The summed E-state index contributed by atoms with van der Waals surface area (Å²) in [5.74, 6) is 0.586. The van der Waals surface area contributed by atoms with E-state index < -0.39 is 0 Å². The van der Waals surface area contributed by atoms with Crippen LogP contribution in [0.15, 0.2) is 30.3 Å². The fraction of sp³-hybridized carbons (Fsp3) is 0.636. The van der Waals surface area contributed by atoms with Gasteiger partial charge in [0.05, 0.1) is 6.61 Å². The van der Waals surface area contributed by atoms with Gasteiger partial charge in [0, 0.05) is 25.9 Å². The van der Waals surface area contributed by atoms with Crippen LogP contribution in [0, 0.1) is 5.92 Å². The van der Waals surface area contributed by atoms with Crippen LogP contribution in [0.4, 0.5) is 0 Å². The summed E-state index contributed by atoms with van der Waals surface area (Å²) in [6.45, 7) is 6.26. The number of esters is 1. The Kier molecular flexibility index (Phi) is 9.91. The maximum Gasteiger partial charge on any atom is 0.305 e. The van der Waals surface area contributed by atoms with E-state index in [1.807, 2.05) is 6.92 Å². The van der Waals surface area contributed by atoms with Crippen molar-refractivity contribution < 1.29 is 14.3 Å². The molecule has 1 aliphatic rings. The fourth-order valence-electron chi connectivity index (χ4n) is 3.50. The van der Waals surface area contributed by atoms with Gasteiger partial charge in [-0.1, -0.05) is 36.8 Å². The second-order valence-electron chi connectivity index (χ2n) is 7.37. The lowest BCUT2D eigenvalue weighted by Crippen LogP contribution is -2.38. The number of nitrogens with zero attached hydrogens (tertiary/aromatic N) is 1. The van der Waals surface area contributed by atoms with E-state index in [4.69, 9.17) is 4.74 Å². The molecule has 1 N–H and O–H groups in total. The maximum atomic E-state index is 12.0. The molecule has 0 spiro atoms. The number of rotatable bonds is 11. The van der Waals surface area contributed by atoms with Crippen LogP contribution in [0.1, 0.15) is 57.4 Å². The van der Waals surface area contributed by atoms with Gasteiger partial charge in [-0.2, -0.15) is 0 Å². The van der Waals surface area contributed by atoms with Crippen molar-refractivity contribution in [1.29, 1.82) is 0 Å².